The lowest BCUT2D eigenvalue weighted by atomic mass is 10.1. The van der Waals surface area contributed by atoms with Crippen LogP contribution in [0.1, 0.15) is 48.9 Å². The molecular formula is C21H23N3O6. The highest BCUT2D eigenvalue weighted by Gasteiger charge is 2.07. The monoisotopic (exact) mass is 413 g/mol. The average molecular weight is 413 g/mol. The highest BCUT2D eigenvalue weighted by atomic mass is 16.6. The van der Waals surface area contributed by atoms with Gasteiger partial charge in [0.2, 0.25) is 11.8 Å². The molecule has 9 nitrogen and oxygen atoms in total. The van der Waals surface area contributed by atoms with E-state index >= 15 is 0 Å². The molecule has 2 amide bonds. The first-order valence-electron chi connectivity index (χ1n) is 9.52. The van der Waals surface area contributed by atoms with Gasteiger partial charge in [-0.15, -0.1) is 0 Å². The molecule has 0 fully saturated rings. The Kier molecular flexibility index (Phi) is 8.49. The summed E-state index contributed by atoms with van der Waals surface area (Å²) < 4.78 is 0. The van der Waals surface area contributed by atoms with Crippen molar-refractivity contribution in [1.82, 2.24) is 0 Å². The summed E-state index contributed by atoms with van der Waals surface area (Å²) in [5, 5.41) is 24.9. The van der Waals surface area contributed by atoms with E-state index in [9.17, 15) is 24.5 Å². The number of anilines is 2. The normalized spacial score (nSPS) is 10.3. The molecule has 0 aromatic heterocycles. The summed E-state index contributed by atoms with van der Waals surface area (Å²) in [6, 6.07) is 11.6. The number of carboxylic acids is 1. The largest absolute Gasteiger partial charge is 0.478 e. The number of nitro groups is 1. The van der Waals surface area contributed by atoms with Crippen LogP contribution in [0.15, 0.2) is 48.5 Å². The van der Waals surface area contributed by atoms with Gasteiger partial charge in [0.15, 0.2) is 0 Å². The van der Waals surface area contributed by atoms with Crippen LogP contribution in [-0.4, -0.2) is 27.8 Å². The number of benzene rings is 2. The third-order valence-corrected chi connectivity index (χ3v) is 4.34. The SMILES string of the molecule is O=C(CCCCCCC(=O)Nc1ccc([N+](=O)[O-])cc1)Nc1ccc(C(=O)O)cc1. The van der Waals surface area contributed by atoms with Crippen LogP contribution in [0.2, 0.25) is 0 Å². The van der Waals surface area contributed by atoms with Gasteiger partial charge in [0.25, 0.3) is 5.69 Å². The van der Waals surface area contributed by atoms with Crippen molar-refractivity contribution in [3.8, 4) is 0 Å². The maximum Gasteiger partial charge on any atom is 0.335 e. The molecule has 2 rings (SSSR count). The Morgan fingerprint density at radius 2 is 1.20 bits per heavy atom. The fourth-order valence-corrected chi connectivity index (χ4v) is 2.73. The molecule has 0 spiro atoms. The van der Waals surface area contributed by atoms with Gasteiger partial charge >= 0.3 is 5.97 Å². The lowest BCUT2D eigenvalue weighted by molar-refractivity contribution is -0.384. The number of amides is 2. The number of nitrogens with zero attached hydrogens (tertiary/aromatic N) is 1. The van der Waals surface area contributed by atoms with E-state index in [4.69, 9.17) is 5.11 Å². The predicted molar refractivity (Wildman–Crippen MR) is 111 cm³/mol. The first kappa shape index (κ1) is 22.5. The number of rotatable bonds is 11. The lowest BCUT2D eigenvalue weighted by Gasteiger charge is -2.06. The van der Waals surface area contributed by atoms with E-state index in [1.165, 1.54) is 36.4 Å². The van der Waals surface area contributed by atoms with E-state index in [0.29, 0.717) is 37.1 Å². The number of carboxylic acid groups (broad SMARTS) is 1. The van der Waals surface area contributed by atoms with Crippen LogP contribution >= 0.6 is 0 Å². The van der Waals surface area contributed by atoms with E-state index in [2.05, 4.69) is 10.6 Å². The molecule has 3 N–H and O–H groups in total. The van der Waals surface area contributed by atoms with E-state index in [1.54, 1.807) is 12.1 Å². The van der Waals surface area contributed by atoms with Crippen molar-refractivity contribution in [2.75, 3.05) is 10.6 Å². The van der Waals surface area contributed by atoms with Crippen molar-refractivity contribution in [2.45, 2.75) is 38.5 Å². The van der Waals surface area contributed by atoms with Gasteiger partial charge in [-0.3, -0.25) is 19.7 Å². The fraction of sp³-hybridized carbons (Fsp3) is 0.286. The molecular weight excluding hydrogens is 390 g/mol. The number of unbranched alkanes of at least 4 members (excludes halogenated alkanes) is 3. The number of non-ortho nitro benzene ring substituents is 1. The summed E-state index contributed by atoms with van der Waals surface area (Å²) in [6.45, 7) is 0. The molecule has 0 heterocycles. The minimum absolute atomic E-state index is 0.0330. The van der Waals surface area contributed by atoms with Gasteiger partial charge < -0.3 is 15.7 Å². The maximum atomic E-state index is 11.9. The Balaban J connectivity index is 1.57. The number of carbonyl (C=O) groups excluding carboxylic acids is 2. The Bertz CT molecular complexity index is 818. The van der Waals surface area contributed by atoms with Crippen LogP contribution < -0.4 is 10.6 Å². The molecule has 30 heavy (non-hydrogen) atoms. The van der Waals surface area contributed by atoms with Gasteiger partial charge in [-0.05, 0) is 49.2 Å². The molecule has 0 radical (unpaired) electrons. The second kappa shape index (κ2) is 11.3. The summed E-state index contributed by atoms with van der Waals surface area (Å²) in [6.07, 6.45) is 3.64. The maximum absolute atomic E-state index is 11.9. The topological polar surface area (TPSA) is 139 Å². The Morgan fingerprint density at radius 1 is 0.767 bits per heavy atom. The summed E-state index contributed by atoms with van der Waals surface area (Å²) in [4.78, 5) is 44.7. The molecule has 2 aromatic carbocycles. The molecule has 0 saturated heterocycles. The zero-order valence-corrected chi connectivity index (χ0v) is 16.3. The highest BCUT2D eigenvalue weighted by Crippen LogP contribution is 2.16. The van der Waals surface area contributed by atoms with Crippen LogP contribution in [0.4, 0.5) is 17.1 Å². The van der Waals surface area contributed by atoms with Crippen LogP contribution in [-0.2, 0) is 9.59 Å². The Hall–Kier alpha value is -3.75. The smallest absolute Gasteiger partial charge is 0.335 e. The molecule has 0 aliphatic rings. The first-order valence-corrected chi connectivity index (χ1v) is 9.52. The molecule has 0 unspecified atom stereocenters. The van der Waals surface area contributed by atoms with Crippen LogP contribution in [0.5, 0.6) is 0 Å². The van der Waals surface area contributed by atoms with Crippen molar-refractivity contribution < 1.29 is 24.4 Å². The molecule has 0 bridgehead atoms. The average Bonchev–Trinajstić information content (AvgIpc) is 2.71. The second-order valence-corrected chi connectivity index (χ2v) is 6.70. The third-order valence-electron chi connectivity index (χ3n) is 4.34. The zero-order valence-electron chi connectivity index (χ0n) is 16.3. The zero-order chi connectivity index (χ0) is 21.9. The van der Waals surface area contributed by atoms with Crippen molar-refractivity contribution in [2.24, 2.45) is 0 Å². The number of nitrogens with one attached hydrogen (secondary N) is 2. The number of carbonyl (C=O) groups is 3. The summed E-state index contributed by atoms with van der Waals surface area (Å²) >= 11 is 0. The Labute approximate surface area is 173 Å². The molecule has 0 saturated carbocycles. The summed E-state index contributed by atoms with van der Waals surface area (Å²) in [7, 11) is 0. The van der Waals surface area contributed by atoms with E-state index in [-0.39, 0.29) is 23.1 Å². The van der Waals surface area contributed by atoms with Gasteiger partial charge in [0.05, 0.1) is 10.5 Å². The van der Waals surface area contributed by atoms with Crippen molar-refractivity contribution in [3.63, 3.8) is 0 Å². The predicted octanol–water partition coefficient (Wildman–Crippen LogP) is 4.21. The molecule has 0 aliphatic heterocycles. The van der Waals surface area contributed by atoms with Crippen molar-refractivity contribution >= 4 is 34.8 Å². The standard InChI is InChI=1S/C21H23N3O6/c25-19(22-16-9-7-15(8-10-16)21(27)28)5-3-1-2-4-6-20(26)23-17-11-13-18(14-12-17)24(29)30/h7-14H,1-6H2,(H,22,25)(H,23,26)(H,27,28). The van der Waals surface area contributed by atoms with Gasteiger partial charge in [-0.1, -0.05) is 12.8 Å². The summed E-state index contributed by atoms with van der Waals surface area (Å²) in [5.41, 5.74) is 1.19. The first-order chi connectivity index (χ1) is 14.3. The van der Waals surface area contributed by atoms with Crippen molar-refractivity contribution in [3.05, 3.63) is 64.2 Å². The third kappa shape index (κ3) is 7.70. The van der Waals surface area contributed by atoms with Crippen molar-refractivity contribution in [1.29, 1.82) is 0 Å². The van der Waals surface area contributed by atoms with Crippen LogP contribution in [0, 0.1) is 10.1 Å². The minimum atomic E-state index is -1.02. The molecule has 2 aromatic rings. The molecule has 158 valence electrons. The molecule has 0 aliphatic carbocycles. The van der Waals surface area contributed by atoms with Gasteiger partial charge in [0.1, 0.15) is 0 Å². The number of aromatic carboxylic acids is 1. The van der Waals surface area contributed by atoms with E-state index in [0.717, 1.165) is 12.8 Å². The van der Waals surface area contributed by atoms with Crippen LogP contribution in [0.3, 0.4) is 0 Å². The second-order valence-electron chi connectivity index (χ2n) is 6.70. The number of nitro benzene ring substituents is 1. The molecule has 0 atom stereocenters. The van der Waals surface area contributed by atoms with E-state index in [1.807, 2.05) is 0 Å². The minimum Gasteiger partial charge on any atom is -0.478 e. The fourth-order valence-electron chi connectivity index (χ4n) is 2.73. The molecule has 9 heteroatoms. The number of hydrogen-bond acceptors (Lipinski definition) is 5. The van der Waals surface area contributed by atoms with E-state index < -0.39 is 10.9 Å². The summed E-state index contributed by atoms with van der Waals surface area (Å²) in [5.74, 6) is -1.32. The quantitative estimate of drug-likeness (QED) is 0.286. The van der Waals surface area contributed by atoms with Gasteiger partial charge in [-0.25, -0.2) is 4.79 Å². The number of hydrogen-bond donors (Lipinski definition) is 3. The van der Waals surface area contributed by atoms with Gasteiger partial charge in [0, 0.05) is 36.3 Å². The van der Waals surface area contributed by atoms with Crippen LogP contribution in [0.25, 0.3) is 0 Å². The lowest BCUT2D eigenvalue weighted by Crippen LogP contribution is -2.12. The van der Waals surface area contributed by atoms with Gasteiger partial charge in [-0.2, -0.15) is 0 Å². The highest BCUT2D eigenvalue weighted by molar-refractivity contribution is 5.92. The Morgan fingerprint density at radius 3 is 1.60 bits per heavy atom.